The second kappa shape index (κ2) is 6.11. The zero-order valence-electron chi connectivity index (χ0n) is 7.81. The van der Waals surface area contributed by atoms with Crippen molar-refractivity contribution in [3.63, 3.8) is 0 Å². The SMILES string of the molecule is FC(F)(F)SCCNc1ncc(Br)cc1Br. The van der Waals surface area contributed by atoms with Crippen molar-refractivity contribution >= 4 is 49.4 Å². The van der Waals surface area contributed by atoms with Crippen LogP contribution in [0.4, 0.5) is 19.0 Å². The topological polar surface area (TPSA) is 24.9 Å². The summed E-state index contributed by atoms with van der Waals surface area (Å²) in [7, 11) is 0. The van der Waals surface area contributed by atoms with E-state index in [4.69, 9.17) is 0 Å². The van der Waals surface area contributed by atoms with Crippen LogP contribution in [0, 0.1) is 0 Å². The van der Waals surface area contributed by atoms with Crippen molar-refractivity contribution in [2.24, 2.45) is 0 Å². The smallest absolute Gasteiger partial charge is 0.368 e. The lowest BCUT2D eigenvalue weighted by molar-refractivity contribution is -0.0327. The molecule has 0 aliphatic rings. The van der Waals surface area contributed by atoms with Crippen LogP contribution in [-0.4, -0.2) is 22.8 Å². The third kappa shape index (κ3) is 5.40. The van der Waals surface area contributed by atoms with E-state index < -0.39 is 5.51 Å². The first-order valence-electron chi connectivity index (χ1n) is 4.14. The predicted octanol–water partition coefficient (Wildman–Crippen LogP) is 4.27. The van der Waals surface area contributed by atoms with E-state index in [0.29, 0.717) is 10.3 Å². The molecule has 0 aromatic carbocycles. The number of hydrogen-bond acceptors (Lipinski definition) is 3. The summed E-state index contributed by atoms with van der Waals surface area (Å²) in [6.07, 6.45) is 1.57. The van der Waals surface area contributed by atoms with Crippen molar-refractivity contribution in [1.82, 2.24) is 4.98 Å². The van der Waals surface area contributed by atoms with Crippen LogP contribution in [0.1, 0.15) is 0 Å². The molecule has 0 bridgehead atoms. The molecule has 8 heteroatoms. The molecule has 1 rings (SSSR count). The van der Waals surface area contributed by atoms with Gasteiger partial charge in [0.15, 0.2) is 0 Å². The molecule has 0 spiro atoms. The lowest BCUT2D eigenvalue weighted by Gasteiger charge is -2.08. The van der Waals surface area contributed by atoms with Crippen LogP contribution in [0.3, 0.4) is 0 Å². The summed E-state index contributed by atoms with van der Waals surface area (Å²) in [6.45, 7) is 0.206. The molecule has 0 saturated carbocycles. The highest BCUT2D eigenvalue weighted by Crippen LogP contribution is 2.30. The average Bonchev–Trinajstić information content (AvgIpc) is 2.13. The van der Waals surface area contributed by atoms with Gasteiger partial charge in [-0.15, -0.1) is 0 Å². The zero-order chi connectivity index (χ0) is 12.2. The van der Waals surface area contributed by atoms with Crippen LogP contribution in [0.15, 0.2) is 21.2 Å². The standard InChI is InChI=1S/C8H7Br2F3N2S/c9-5-3-6(10)7(15-4-5)14-1-2-16-8(11,12)13/h3-4H,1-2H2,(H,14,15). The van der Waals surface area contributed by atoms with E-state index in [0.717, 1.165) is 4.47 Å². The highest BCUT2D eigenvalue weighted by molar-refractivity contribution is 9.11. The van der Waals surface area contributed by atoms with Gasteiger partial charge in [-0.25, -0.2) is 4.98 Å². The van der Waals surface area contributed by atoms with Gasteiger partial charge in [-0.3, -0.25) is 0 Å². The van der Waals surface area contributed by atoms with Gasteiger partial charge in [0.2, 0.25) is 0 Å². The average molecular weight is 380 g/mol. The molecule has 0 aliphatic heterocycles. The van der Waals surface area contributed by atoms with Gasteiger partial charge in [-0.05, 0) is 49.7 Å². The number of nitrogens with one attached hydrogen (secondary N) is 1. The second-order valence-corrected chi connectivity index (χ2v) is 5.63. The predicted molar refractivity (Wildman–Crippen MR) is 66.6 cm³/mol. The maximum absolute atomic E-state index is 11.8. The van der Waals surface area contributed by atoms with Crippen LogP contribution in [0.25, 0.3) is 0 Å². The zero-order valence-corrected chi connectivity index (χ0v) is 11.8. The number of hydrogen-bond donors (Lipinski definition) is 1. The lowest BCUT2D eigenvalue weighted by Crippen LogP contribution is -2.10. The number of halogens is 5. The van der Waals surface area contributed by atoms with Crippen molar-refractivity contribution < 1.29 is 13.2 Å². The number of rotatable bonds is 4. The van der Waals surface area contributed by atoms with Crippen LogP contribution in [0.5, 0.6) is 0 Å². The normalized spacial score (nSPS) is 11.6. The molecular formula is C8H7Br2F3N2S. The van der Waals surface area contributed by atoms with E-state index in [-0.39, 0.29) is 24.1 Å². The molecule has 1 aromatic heterocycles. The molecular weight excluding hydrogens is 373 g/mol. The molecule has 0 radical (unpaired) electrons. The first-order chi connectivity index (χ1) is 7.38. The molecule has 1 heterocycles. The Morgan fingerprint density at radius 2 is 2.06 bits per heavy atom. The Bertz CT molecular complexity index is 360. The molecule has 1 N–H and O–H groups in total. The van der Waals surface area contributed by atoms with Crippen molar-refractivity contribution in [3.05, 3.63) is 21.2 Å². The second-order valence-electron chi connectivity index (χ2n) is 2.70. The fourth-order valence-electron chi connectivity index (χ4n) is 0.881. The minimum absolute atomic E-state index is 0.0479. The number of thioether (sulfide) groups is 1. The highest BCUT2D eigenvalue weighted by atomic mass is 79.9. The molecule has 16 heavy (non-hydrogen) atoms. The molecule has 0 fully saturated rings. The van der Waals surface area contributed by atoms with E-state index in [1.807, 2.05) is 0 Å². The fraction of sp³-hybridized carbons (Fsp3) is 0.375. The minimum Gasteiger partial charge on any atom is -0.368 e. The largest absolute Gasteiger partial charge is 0.441 e. The Labute approximate surface area is 112 Å². The van der Waals surface area contributed by atoms with Gasteiger partial charge in [0.1, 0.15) is 5.82 Å². The molecule has 0 aliphatic carbocycles. The minimum atomic E-state index is -4.17. The quantitative estimate of drug-likeness (QED) is 0.790. The van der Waals surface area contributed by atoms with Crippen molar-refractivity contribution in [1.29, 1.82) is 0 Å². The Morgan fingerprint density at radius 3 is 2.62 bits per heavy atom. The van der Waals surface area contributed by atoms with Gasteiger partial charge in [-0.2, -0.15) is 13.2 Å². The number of anilines is 1. The number of aromatic nitrogens is 1. The summed E-state index contributed by atoms with van der Waals surface area (Å²) in [4.78, 5) is 4.02. The summed E-state index contributed by atoms with van der Waals surface area (Å²) in [6, 6.07) is 1.77. The number of alkyl halides is 3. The van der Waals surface area contributed by atoms with Crippen molar-refractivity contribution in [2.45, 2.75) is 5.51 Å². The van der Waals surface area contributed by atoms with Crippen LogP contribution >= 0.6 is 43.6 Å². The molecule has 0 unspecified atom stereocenters. The van der Waals surface area contributed by atoms with Crippen molar-refractivity contribution in [2.75, 3.05) is 17.6 Å². The molecule has 0 saturated heterocycles. The summed E-state index contributed by atoms with van der Waals surface area (Å²) in [5, 5.41) is 2.81. The first-order valence-corrected chi connectivity index (χ1v) is 6.71. The van der Waals surface area contributed by atoms with Gasteiger partial charge in [0, 0.05) is 23.0 Å². The van der Waals surface area contributed by atoms with E-state index in [2.05, 4.69) is 42.2 Å². The van der Waals surface area contributed by atoms with Gasteiger partial charge in [-0.1, -0.05) is 0 Å². The molecule has 1 aromatic rings. The summed E-state index contributed by atoms with van der Waals surface area (Å²) >= 11 is 6.43. The van der Waals surface area contributed by atoms with E-state index in [9.17, 15) is 13.2 Å². The molecule has 90 valence electrons. The van der Waals surface area contributed by atoms with Crippen molar-refractivity contribution in [3.8, 4) is 0 Å². The number of nitrogens with zero attached hydrogens (tertiary/aromatic N) is 1. The Balaban J connectivity index is 2.38. The first kappa shape index (κ1) is 14.1. The fourth-order valence-corrected chi connectivity index (χ4v) is 2.44. The Morgan fingerprint density at radius 1 is 1.38 bits per heavy atom. The van der Waals surface area contributed by atoms with Crippen LogP contribution in [0.2, 0.25) is 0 Å². The van der Waals surface area contributed by atoms with Crippen LogP contribution in [-0.2, 0) is 0 Å². The summed E-state index contributed by atoms with van der Waals surface area (Å²) < 4.78 is 37.0. The van der Waals surface area contributed by atoms with Gasteiger partial charge >= 0.3 is 5.51 Å². The molecule has 0 amide bonds. The molecule has 2 nitrogen and oxygen atoms in total. The van der Waals surface area contributed by atoms with Gasteiger partial charge in [0.25, 0.3) is 0 Å². The highest BCUT2D eigenvalue weighted by Gasteiger charge is 2.27. The third-order valence-corrected chi connectivity index (χ3v) is 3.24. The number of pyridine rings is 1. The van der Waals surface area contributed by atoms with E-state index in [1.165, 1.54) is 0 Å². The monoisotopic (exact) mass is 378 g/mol. The molecule has 0 atom stereocenters. The van der Waals surface area contributed by atoms with Gasteiger partial charge < -0.3 is 5.32 Å². The third-order valence-electron chi connectivity index (χ3n) is 1.47. The maximum Gasteiger partial charge on any atom is 0.441 e. The Kier molecular flexibility index (Phi) is 5.39. The van der Waals surface area contributed by atoms with Crippen LogP contribution < -0.4 is 5.32 Å². The lowest BCUT2D eigenvalue weighted by atomic mass is 10.4. The van der Waals surface area contributed by atoms with Gasteiger partial charge in [0.05, 0.1) is 4.47 Å². The maximum atomic E-state index is 11.8. The Hall–Kier alpha value is 0.0500. The van der Waals surface area contributed by atoms with E-state index in [1.54, 1.807) is 12.3 Å². The van der Waals surface area contributed by atoms with E-state index >= 15 is 0 Å². The summed E-state index contributed by atoms with van der Waals surface area (Å²) in [5.41, 5.74) is -4.17. The summed E-state index contributed by atoms with van der Waals surface area (Å²) in [5.74, 6) is 0.485.